The predicted molar refractivity (Wildman–Crippen MR) is 67.6 cm³/mol. The van der Waals surface area contributed by atoms with Crippen molar-refractivity contribution in [2.24, 2.45) is 11.7 Å². The van der Waals surface area contributed by atoms with Crippen molar-refractivity contribution >= 4 is 0 Å². The van der Waals surface area contributed by atoms with Crippen molar-refractivity contribution in [3.8, 4) is 0 Å². The van der Waals surface area contributed by atoms with Crippen molar-refractivity contribution in [1.82, 2.24) is 9.80 Å². The number of nitrogens with zero attached hydrogens (tertiary/aromatic N) is 2. The Morgan fingerprint density at radius 2 is 2.31 bits per heavy atom. The van der Waals surface area contributed by atoms with E-state index in [0.29, 0.717) is 6.54 Å². The number of likely N-dealkylation sites (tertiary alicyclic amines) is 1. The van der Waals surface area contributed by atoms with Crippen LogP contribution in [0.2, 0.25) is 0 Å². The van der Waals surface area contributed by atoms with Crippen LogP contribution in [0.1, 0.15) is 12.8 Å². The molecule has 0 spiro atoms. The van der Waals surface area contributed by atoms with Crippen LogP contribution in [0, 0.1) is 5.92 Å². The van der Waals surface area contributed by atoms with Gasteiger partial charge in [-0.25, -0.2) is 0 Å². The Morgan fingerprint density at radius 3 is 2.81 bits per heavy atom. The summed E-state index contributed by atoms with van der Waals surface area (Å²) in [6.45, 7) is 5.40. The lowest BCUT2D eigenvalue weighted by molar-refractivity contribution is 0.0909. The van der Waals surface area contributed by atoms with Gasteiger partial charge in [-0.05, 0) is 39.4 Å². The maximum atomic E-state index is 5.60. The summed E-state index contributed by atoms with van der Waals surface area (Å²) in [5.74, 6) is 0.842. The molecule has 1 aliphatic heterocycles. The van der Waals surface area contributed by atoms with Crippen LogP contribution in [0.5, 0.6) is 0 Å². The maximum Gasteiger partial charge on any atom is 0.0705 e. The van der Waals surface area contributed by atoms with Gasteiger partial charge in [-0.15, -0.1) is 0 Å². The number of nitrogens with two attached hydrogens (primary N) is 1. The summed E-state index contributed by atoms with van der Waals surface area (Å²) in [6, 6.07) is 0. The van der Waals surface area contributed by atoms with Crippen molar-refractivity contribution in [2.45, 2.75) is 18.9 Å². The van der Waals surface area contributed by atoms with E-state index < -0.39 is 0 Å². The molecule has 2 N–H and O–H groups in total. The molecule has 16 heavy (non-hydrogen) atoms. The SMILES string of the molecule is COC(CN)CCN(C)CC1CCN(C)C1. The second kappa shape index (κ2) is 7.22. The standard InChI is InChI=1S/C12H27N3O/c1-14-6-4-11(9-14)10-15(2)7-5-12(8-13)16-3/h11-12H,4-10,13H2,1-3H3. The molecule has 0 aromatic rings. The lowest BCUT2D eigenvalue weighted by Gasteiger charge is -2.22. The van der Waals surface area contributed by atoms with Gasteiger partial charge in [-0.3, -0.25) is 0 Å². The largest absolute Gasteiger partial charge is 0.380 e. The molecule has 2 atom stereocenters. The fraction of sp³-hybridized carbons (Fsp3) is 1.00. The first-order valence-corrected chi connectivity index (χ1v) is 6.25. The van der Waals surface area contributed by atoms with E-state index in [4.69, 9.17) is 10.5 Å². The minimum absolute atomic E-state index is 0.216. The first-order valence-electron chi connectivity index (χ1n) is 6.25. The van der Waals surface area contributed by atoms with Crippen molar-refractivity contribution in [2.75, 3.05) is 53.9 Å². The first kappa shape index (κ1) is 13.9. The summed E-state index contributed by atoms with van der Waals surface area (Å²) in [5.41, 5.74) is 5.60. The molecule has 1 fully saturated rings. The smallest absolute Gasteiger partial charge is 0.0705 e. The van der Waals surface area contributed by atoms with Crippen LogP contribution in [0.25, 0.3) is 0 Å². The van der Waals surface area contributed by atoms with Gasteiger partial charge in [0.1, 0.15) is 0 Å². The molecule has 1 saturated heterocycles. The maximum absolute atomic E-state index is 5.60. The van der Waals surface area contributed by atoms with Gasteiger partial charge in [0, 0.05) is 33.3 Å². The molecule has 0 bridgehead atoms. The lowest BCUT2D eigenvalue weighted by atomic mass is 10.1. The average Bonchev–Trinajstić information content (AvgIpc) is 2.65. The normalized spacial score (nSPS) is 24.2. The topological polar surface area (TPSA) is 41.7 Å². The van der Waals surface area contributed by atoms with Crippen molar-refractivity contribution in [3.05, 3.63) is 0 Å². The molecular formula is C12H27N3O. The first-order chi connectivity index (χ1) is 7.65. The number of hydrogen-bond donors (Lipinski definition) is 1. The quantitative estimate of drug-likeness (QED) is 0.679. The van der Waals surface area contributed by atoms with Crippen molar-refractivity contribution in [1.29, 1.82) is 0 Å². The van der Waals surface area contributed by atoms with E-state index in [9.17, 15) is 0 Å². The highest BCUT2D eigenvalue weighted by Gasteiger charge is 2.20. The Labute approximate surface area is 99.7 Å². The van der Waals surface area contributed by atoms with Gasteiger partial charge in [-0.1, -0.05) is 0 Å². The summed E-state index contributed by atoms with van der Waals surface area (Å²) in [6.07, 6.45) is 2.59. The van der Waals surface area contributed by atoms with E-state index in [0.717, 1.165) is 18.9 Å². The molecular weight excluding hydrogens is 202 g/mol. The molecule has 4 heteroatoms. The van der Waals surface area contributed by atoms with Crippen LogP contribution >= 0.6 is 0 Å². The fourth-order valence-electron chi connectivity index (χ4n) is 2.40. The summed E-state index contributed by atoms with van der Waals surface area (Å²) in [5, 5.41) is 0. The van der Waals surface area contributed by atoms with Crippen LogP contribution in [-0.4, -0.2) is 69.8 Å². The second-order valence-corrected chi connectivity index (χ2v) is 5.06. The molecule has 0 radical (unpaired) electrons. The fourth-order valence-corrected chi connectivity index (χ4v) is 2.40. The zero-order chi connectivity index (χ0) is 12.0. The van der Waals surface area contributed by atoms with E-state index in [-0.39, 0.29) is 6.10 Å². The number of ether oxygens (including phenoxy) is 1. The van der Waals surface area contributed by atoms with E-state index in [1.165, 1.54) is 26.1 Å². The third kappa shape index (κ3) is 4.78. The Bertz CT molecular complexity index is 185. The molecule has 2 unspecified atom stereocenters. The van der Waals surface area contributed by atoms with E-state index in [1.807, 2.05) is 0 Å². The zero-order valence-electron chi connectivity index (χ0n) is 11.0. The van der Waals surface area contributed by atoms with Gasteiger partial charge in [0.05, 0.1) is 6.10 Å². The number of hydrogen-bond acceptors (Lipinski definition) is 4. The minimum Gasteiger partial charge on any atom is -0.380 e. The second-order valence-electron chi connectivity index (χ2n) is 5.06. The Hall–Kier alpha value is -0.160. The highest BCUT2D eigenvalue weighted by atomic mass is 16.5. The summed E-state index contributed by atoms with van der Waals surface area (Å²) >= 11 is 0. The van der Waals surface area contributed by atoms with Crippen LogP contribution in [0.15, 0.2) is 0 Å². The predicted octanol–water partition coefficient (Wildman–Crippen LogP) is 0.234. The van der Waals surface area contributed by atoms with E-state index >= 15 is 0 Å². The molecule has 0 aromatic carbocycles. The van der Waals surface area contributed by atoms with E-state index in [1.54, 1.807) is 7.11 Å². The van der Waals surface area contributed by atoms with Gasteiger partial charge >= 0.3 is 0 Å². The highest BCUT2D eigenvalue weighted by molar-refractivity contribution is 4.75. The highest BCUT2D eigenvalue weighted by Crippen LogP contribution is 2.15. The van der Waals surface area contributed by atoms with Gasteiger partial charge < -0.3 is 20.3 Å². The van der Waals surface area contributed by atoms with Crippen molar-refractivity contribution < 1.29 is 4.74 Å². The van der Waals surface area contributed by atoms with Gasteiger partial charge in [0.15, 0.2) is 0 Å². The van der Waals surface area contributed by atoms with Crippen LogP contribution in [-0.2, 0) is 4.74 Å². The Kier molecular flexibility index (Phi) is 6.28. The van der Waals surface area contributed by atoms with Gasteiger partial charge in [0.2, 0.25) is 0 Å². The van der Waals surface area contributed by atoms with Crippen molar-refractivity contribution in [3.63, 3.8) is 0 Å². The van der Waals surface area contributed by atoms with Gasteiger partial charge in [0.25, 0.3) is 0 Å². The molecule has 0 amide bonds. The molecule has 96 valence electrons. The Morgan fingerprint density at radius 1 is 1.56 bits per heavy atom. The molecule has 1 aliphatic rings. The van der Waals surface area contributed by atoms with Crippen LogP contribution in [0.4, 0.5) is 0 Å². The minimum atomic E-state index is 0.216. The number of rotatable bonds is 7. The third-order valence-corrected chi connectivity index (χ3v) is 3.49. The van der Waals surface area contributed by atoms with E-state index in [2.05, 4.69) is 23.9 Å². The molecule has 0 aliphatic carbocycles. The van der Waals surface area contributed by atoms with Crippen LogP contribution in [0.3, 0.4) is 0 Å². The monoisotopic (exact) mass is 229 g/mol. The lowest BCUT2D eigenvalue weighted by Crippen LogP contribution is -2.32. The summed E-state index contributed by atoms with van der Waals surface area (Å²) < 4.78 is 5.28. The molecule has 1 rings (SSSR count). The molecule has 4 nitrogen and oxygen atoms in total. The summed E-state index contributed by atoms with van der Waals surface area (Å²) in [7, 11) is 6.14. The average molecular weight is 229 g/mol. The number of methoxy groups -OCH3 is 1. The van der Waals surface area contributed by atoms with Crippen LogP contribution < -0.4 is 5.73 Å². The molecule has 0 aromatic heterocycles. The zero-order valence-corrected chi connectivity index (χ0v) is 11.0. The molecule has 0 saturated carbocycles. The summed E-state index contributed by atoms with van der Waals surface area (Å²) in [4.78, 5) is 4.82. The van der Waals surface area contributed by atoms with Gasteiger partial charge in [-0.2, -0.15) is 0 Å². The Balaban J connectivity index is 2.13. The third-order valence-electron chi connectivity index (χ3n) is 3.49. The molecule has 1 heterocycles.